The van der Waals surface area contributed by atoms with Gasteiger partial charge in [-0.25, -0.2) is 4.39 Å². The molecule has 1 aromatic heterocycles. The number of rotatable bonds is 5. The maximum atomic E-state index is 13.5. The van der Waals surface area contributed by atoms with Crippen LogP contribution in [0.2, 0.25) is 0 Å². The zero-order chi connectivity index (χ0) is 23.2. The van der Waals surface area contributed by atoms with E-state index in [1.807, 2.05) is 36.5 Å². The lowest BCUT2D eigenvalue weighted by atomic mass is 9.89. The molecule has 4 aromatic rings. The summed E-state index contributed by atoms with van der Waals surface area (Å²) in [5.41, 5.74) is 3.06. The molecule has 1 fully saturated rings. The first-order valence-electron chi connectivity index (χ1n) is 11.6. The molecule has 6 nitrogen and oxygen atoms in total. The Hall–Kier alpha value is -3.55. The van der Waals surface area contributed by atoms with E-state index in [2.05, 4.69) is 9.88 Å². The van der Waals surface area contributed by atoms with Crippen LogP contribution in [-0.2, 0) is 4.84 Å². The fourth-order valence-corrected chi connectivity index (χ4v) is 5.31. The molecule has 0 radical (unpaired) electrons. The highest BCUT2D eigenvalue weighted by Gasteiger charge is 2.34. The largest absolute Gasteiger partial charge is 0.361 e. The number of likely N-dealkylation sites (tertiary alicyclic amines) is 1. The molecule has 3 aromatic carbocycles. The van der Waals surface area contributed by atoms with Crippen molar-refractivity contribution < 1.29 is 18.8 Å². The highest BCUT2D eigenvalue weighted by atomic mass is 19.1. The van der Waals surface area contributed by atoms with Crippen LogP contribution in [0.4, 0.5) is 4.39 Å². The van der Waals surface area contributed by atoms with E-state index < -0.39 is 11.8 Å². The lowest BCUT2D eigenvalue weighted by molar-refractivity contribution is -0.100. The van der Waals surface area contributed by atoms with Crippen LogP contribution in [0.5, 0.6) is 0 Å². The van der Waals surface area contributed by atoms with Gasteiger partial charge in [-0.2, -0.15) is 0 Å². The molecule has 2 aliphatic rings. The zero-order valence-electron chi connectivity index (χ0n) is 18.6. The Bertz CT molecular complexity index is 1370. The molecular formula is C27H24FN3O3. The van der Waals surface area contributed by atoms with Gasteiger partial charge in [-0.1, -0.05) is 24.3 Å². The third kappa shape index (κ3) is 3.48. The lowest BCUT2D eigenvalue weighted by Gasteiger charge is -2.32. The topological polar surface area (TPSA) is 65.6 Å². The number of carbonyl (C=O) groups is 2. The molecule has 0 spiro atoms. The number of piperidine rings is 1. The first-order valence-corrected chi connectivity index (χ1v) is 11.6. The molecule has 34 heavy (non-hydrogen) atoms. The van der Waals surface area contributed by atoms with Crippen LogP contribution in [0.1, 0.15) is 45.0 Å². The second-order valence-corrected chi connectivity index (χ2v) is 9.00. The normalized spacial score (nSPS) is 17.3. The summed E-state index contributed by atoms with van der Waals surface area (Å²) in [6, 6.07) is 15.8. The second-order valence-electron chi connectivity index (χ2n) is 9.00. The van der Waals surface area contributed by atoms with Gasteiger partial charge in [0.25, 0.3) is 11.8 Å². The van der Waals surface area contributed by atoms with E-state index in [-0.39, 0.29) is 12.4 Å². The summed E-state index contributed by atoms with van der Waals surface area (Å²) in [5, 5.41) is 3.57. The summed E-state index contributed by atoms with van der Waals surface area (Å²) in [7, 11) is 0. The first kappa shape index (κ1) is 21.0. The van der Waals surface area contributed by atoms with Crippen LogP contribution in [-0.4, -0.2) is 53.0 Å². The van der Waals surface area contributed by atoms with Gasteiger partial charge in [0.1, 0.15) is 5.82 Å². The van der Waals surface area contributed by atoms with Gasteiger partial charge in [-0.3, -0.25) is 14.4 Å². The quantitative estimate of drug-likeness (QED) is 0.435. The minimum absolute atomic E-state index is 0.235. The van der Waals surface area contributed by atoms with Crippen molar-refractivity contribution in [3.63, 3.8) is 0 Å². The van der Waals surface area contributed by atoms with Crippen molar-refractivity contribution in [1.82, 2.24) is 14.9 Å². The summed E-state index contributed by atoms with van der Waals surface area (Å²) < 4.78 is 13.5. The van der Waals surface area contributed by atoms with Crippen LogP contribution in [0.3, 0.4) is 0 Å². The maximum Gasteiger partial charge on any atom is 0.285 e. The van der Waals surface area contributed by atoms with Gasteiger partial charge >= 0.3 is 0 Å². The Morgan fingerprint density at radius 3 is 2.38 bits per heavy atom. The van der Waals surface area contributed by atoms with E-state index in [1.165, 1.54) is 17.7 Å². The number of benzene rings is 3. The minimum Gasteiger partial charge on any atom is -0.361 e. The van der Waals surface area contributed by atoms with Crippen LogP contribution in [0, 0.1) is 5.82 Å². The Balaban J connectivity index is 1.07. The Morgan fingerprint density at radius 2 is 1.68 bits per heavy atom. The standard InChI is InChI=1S/C27H24FN3O3/c28-19-7-8-20-23(16-29-24(20)15-19)17-9-11-30(12-10-17)13-14-34-31-26(32)21-5-1-3-18-4-2-6-22(25(18)21)27(31)33/h1-8,15-17,29H,9-14H2. The highest BCUT2D eigenvalue weighted by Crippen LogP contribution is 2.34. The number of hydrogen-bond donors (Lipinski definition) is 1. The van der Waals surface area contributed by atoms with Crippen LogP contribution < -0.4 is 0 Å². The molecule has 2 aliphatic heterocycles. The van der Waals surface area contributed by atoms with Gasteiger partial charge in [-0.15, -0.1) is 5.06 Å². The third-order valence-electron chi connectivity index (χ3n) is 7.07. The molecule has 0 aliphatic carbocycles. The summed E-state index contributed by atoms with van der Waals surface area (Å²) in [5.74, 6) is -0.646. The SMILES string of the molecule is O=C1c2cccc3cccc(c23)C(=O)N1OCCN1CCC(c2c[nH]c3cc(F)ccc23)CC1. The predicted octanol–water partition coefficient (Wildman–Crippen LogP) is 4.87. The summed E-state index contributed by atoms with van der Waals surface area (Å²) in [6.45, 7) is 2.68. The van der Waals surface area contributed by atoms with Crippen molar-refractivity contribution in [1.29, 1.82) is 0 Å². The Kier molecular flexibility index (Phi) is 5.16. The van der Waals surface area contributed by atoms with E-state index >= 15 is 0 Å². The number of hydroxylamine groups is 2. The lowest BCUT2D eigenvalue weighted by Crippen LogP contribution is -2.42. The van der Waals surface area contributed by atoms with Gasteiger partial charge in [0.15, 0.2) is 0 Å². The summed E-state index contributed by atoms with van der Waals surface area (Å²) in [6.07, 6.45) is 3.97. The van der Waals surface area contributed by atoms with Gasteiger partial charge in [0.05, 0.1) is 17.7 Å². The highest BCUT2D eigenvalue weighted by molar-refractivity contribution is 6.24. The Morgan fingerprint density at radius 1 is 0.971 bits per heavy atom. The van der Waals surface area contributed by atoms with Crippen LogP contribution in [0.25, 0.3) is 21.7 Å². The van der Waals surface area contributed by atoms with E-state index in [1.54, 1.807) is 12.1 Å². The van der Waals surface area contributed by atoms with Gasteiger partial charge < -0.3 is 9.88 Å². The number of nitrogens with one attached hydrogen (secondary N) is 1. The van der Waals surface area contributed by atoms with E-state index in [0.717, 1.165) is 47.3 Å². The molecule has 1 N–H and O–H groups in total. The molecule has 172 valence electrons. The summed E-state index contributed by atoms with van der Waals surface area (Å²) in [4.78, 5) is 37.1. The molecule has 0 unspecified atom stereocenters. The second kappa shape index (κ2) is 8.34. The van der Waals surface area contributed by atoms with E-state index in [4.69, 9.17) is 4.84 Å². The summed E-state index contributed by atoms with van der Waals surface area (Å²) >= 11 is 0. The fraction of sp³-hybridized carbons (Fsp3) is 0.259. The van der Waals surface area contributed by atoms with E-state index in [9.17, 15) is 14.0 Å². The maximum absolute atomic E-state index is 13.5. The molecule has 7 heteroatoms. The zero-order valence-corrected chi connectivity index (χ0v) is 18.6. The molecule has 3 heterocycles. The number of nitrogens with zero attached hydrogens (tertiary/aromatic N) is 2. The third-order valence-corrected chi connectivity index (χ3v) is 7.07. The van der Waals surface area contributed by atoms with Crippen molar-refractivity contribution >= 4 is 33.5 Å². The number of hydrogen-bond acceptors (Lipinski definition) is 4. The van der Waals surface area contributed by atoms with Crippen molar-refractivity contribution in [2.45, 2.75) is 18.8 Å². The number of H-pyrrole nitrogens is 1. The van der Waals surface area contributed by atoms with Gasteiger partial charge in [-0.05, 0) is 73.1 Å². The van der Waals surface area contributed by atoms with Gasteiger partial charge in [0.2, 0.25) is 0 Å². The number of fused-ring (bicyclic) bond motifs is 1. The fourth-order valence-electron chi connectivity index (χ4n) is 5.31. The number of aromatic amines is 1. The molecule has 6 rings (SSSR count). The number of carbonyl (C=O) groups excluding carboxylic acids is 2. The number of halogens is 1. The molecule has 0 saturated carbocycles. The van der Waals surface area contributed by atoms with E-state index in [0.29, 0.717) is 29.0 Å². The van der Waals surface area contributed by atoms with Crippen molar-refractivity contribution in [2.24, 2.45) is 0 Å². The average molecular weight is 458 g/mol. The monoisotopic (exact) mass is 457 g/mol. The van der Waals surface area contributed by atoms with Crippen molar-refractivity contribution in [3.8, 4) is 0 Å². The minimum atomic E-state index is -0.413. The molecule has 2 amide bonds. The van der Waals surface area contributed by atoms with Crippen molar-refractivity contribution in [3.05, 3.63) is 83.3 Å². The number of imide groups is 1. The molecular weight excluding hydrogens is 433 g/mol. The molecule has 1 saturated heterocycles. The average Bonchev–Trinajstić information content (AvgIpc) is 3.28. The number of aromatic nitrogens is 1. The smallest absolute Gasteiger partial charge is 0.285 e. The predicted molar refractivity (Wildman–Crippen MR) is 127 cm³/mol. The number of amides is 2. The van der Waals surface area contributed by atoms with Gasteiger partial charge in [0, 0.05) is 29.0 Å². The van der Waals surface area contributed by atoms with Crippen molar-refractivity contribution in [2.75, 3.05) is 26.2 Å². The first-order chi connectivity index (χ1) is 16.6. The van der Waals surface area contributed by atoms with Crippen LogP contribution in [0.15, 0.2) is 60.8 Å². The Labute approximate surface area is 195 Å². The molecule has 0 atom stereocenters. The molecule has 0 bridgehead atoms. The van der Waals surface area contributed by atoms with Crippen LogP contribution >= 0.6 is 0 Å².